The molecule has 0 aliphatic heterocycles. The number of rotatable bonds is 5. The van der Waals surface area contributed by atoms with Crippen LogP contribution in [0.1, 0.15) is 25.7 Å². The van der Waals surface area contributed by atoms with Crippen LogP contribution in [-0.4, -0.2) is 13.2 Å². The van der Waals surface area contributed by atoms with E-state index in [0.29, 0.717) is 13.2 Å². The van der Waals surface area contributed by atoms with Gasteiger partial charge in [-0.25, -0.2) is 0 Å². The van der Waals surface area contributed by atoms with Crippen LogP contribution >= 0.6 is 13.6 Å². The van der Waals surface area contributed by atoms with Gasteiger partial charge in [0.2, 0.25) is 0 Å². The Morgan fingerprint density at radius 1 is 1.27 bits per heavy atom. The third-order valence-electron chi connectivity index (χ3n) is 1.62. The summed E-state index contributed by atoms with van der Waals surface area (Å²) in [5.41, 5.74) is 0.950. The van der Waals surface area contributed by atoms with E-state index in [2.05, 4.69) is 19.7 Å². The molecule has 0 spiro atoms. The first-order chi connectivity index (χ1) is 7.38. The van der Waals surface area contributed by atoms with Gasteiger partial charge in [0, 0.05) is 13.2 Å². The molecule has 0 saturated carbocycles. The molecule has 4 heteroatoms. The predicted molar refractivity (Wildman–Crippen MR) is 60.2 cm³/mol. The molecule has 15 heavy (non-hydrogen) atoms. The third kappa shape index (κ3) is 6.42. The van der Waals surface area contributed by atoms with Gasteiger partial charge in [-0.1, -0.05) is 0 Å². The fourth-order valence-electron chi connectivity index (χ4n) is 1.08. The van der Waals surface area contributed by atoms with Gasteiger partial charge in [-0.05, 0) is 13.8 Å². The Morgan fingerprint density at radius 2 is 1.87 bits per heavy atom. The second-order valence-corrected chi connectivity index (χ2v) is 2.56. The van der Waals surface area contributed by atoms with Gasteiger partial charge in [-0.15, -0.1) is 5.56 Å². The first-order valence-electron chi connectivity index (χ1n) is 4.85. The van der Waals surface area contributed by atoms with E-state index in [1.54, 1.807) is 0 Å². The first-order valence-corrected chi connectivity index (χ1v) is 11.8. The molecule has 1 aromatic rings. The van der Waals surface area contributed by atoms with Gasteiger partial charge in [0.05, 0.1) is 0 Å². The Bertz CT molecular complexity index is 225. The van der Waals surface area contributed by atoms with Gasteiger partial charge in [0.1, 0.15) is 0 Å². The summed E-state index contributed by atoms with van der Waals surface area (Å²) in [4.78, 5) is 0. The average molecular weight is 325 g/mol. The number of benzene rings is 1. The van der Waals surface area contributed by atoms with Crippen LogP contribution in [-0.2, 0) is 25.8 Å². The number of ether oxygens (including phenoxy) is 2. The van der Waals surface area contributed by atoms with Gasteiger partial charge in [-0.2, -0.15) is 30.3 Å². The minimum absolute atomic E-state index is 0.267. The normalized spacial score (nSPS) is 9.73. The molecule has 0 aliphatic rings. The summed E-state index contributed by atoms with van der Waals surface area (Å²) >= 11 is 4.25. The Hall–Kier alpha value is 0.243. The van der Waals surface area contributed by atoms with Crippen LogP contribution in [0.15, 0.2) is 24.3 Å². The van der Waals surface area contributed by atoms with Crippen molar-refractivity contribution in [3.63, 3.8) is 0 Å². The van der Waals surface area contributed by atoms with Gasteiger partial charge in [0.15, 0.2) is 6.29 Å². The van der Waals surface area contributed by atoms with Crippen molar-refractivity contribution in [1.82, 2.24) is 0 Å². The summed E-state index contributed by atoms with van der Waals surface area (Å²) in [6, 6.07) is 10.8. The molecular formula is C11H15BrO2Zn. The van der Waals surface area contributed by atoms with Crippen LogP contribution in [0.2, 0.25) is 0 Å². The van der Waals surface area contributed by atoms with Crippen molar-refractivity contribution in [2.24, 2.45) is 0 Å². The second kappa shape index (κ2) is 10.8. The van der Waals surface area contributed by atoms with Crippen LogP contribution in [0.25, 0.3) is 0 Å². The fourth-order valence-corrected chi connectivity index (χ4v) is 1.08. The molecule has 0 aromatic heterocycles. The van der Waals surface area contributed by atoms with Crippen molar-refractivity contribution in [2.45, 2.75) is 20.1 Å². The molecule has 1 rings (SSSR count). The van der Waals surface area contributed by atoms with E-state index in [0.717, 1.165) is 5.56 Å². The quantitative estimate of drug-likeness (QED) is 0.469. The molecule has 0 atom stereocenters. The molecule has 80 valence electrons. The SMILES string of the molecule is CCOC(OCC)c1[c-]cccc1.[Zn+][Br]. The molecule has 2 nitrogen and oxygen atoms in total. The molecular weight excluding hydrogens is 309 g/mol. The summed E-state index contributed by atoms with van der Waals surface area (Å²) in [5, 5.41) is 0. The van der Waals surface area contributed by atoms with E-state index in [4.69, 9.17) is 9.47 Å². The van der Waals surface area contributed by atoms with Crippen molar-refractivity contribution in [3.8, 4) is 0 Å². The first kappa shape index (κ1) is 15.2. The van der Waals surface area contributed by atoms with Crippen molar-refractivity contribution in [2.75, 3.05) is 13.2 Å². The predicted octanol–water partition coefficient (Wildman–Crippen LogP) is 3.40. The second-order valence-electron chi connectivity index (χ2n) is 2.56. The Balaban J connectivity index is 0.000000921. The maximum atomic E-state index is 5.41. The summed E-state index contributed by atoms with van der Waals surface area (Å²) in [6.07, 6.45) is -0.267. The molecule has 0 radical (unpaired) electrons. The van der Waals surface area contributed by atoms with E-state index in [1.165, 1.54) is 16.3 Å². The van der Waals surface area contributed by atoms with E-state index in [-0.39, 0.29) is 6.29 Å². The molecule has 0 aliphatic carbocycles. The van der Waals surface area contributed by atoms with E-state index >= 15 is 0 Å². The topological polar surface area (TPSA) is 18.5 Å². The van der Waals surface area contributed by atoms with Crippen LogP contribution < -0.4 is 0 Å². The maximum absolute atomic E-state index is 5.41. The van der Waals surface area contributed by atoms with Crippen molar-refractivity contribution in [3.05, 3.63) is 35.9 Å². The number of halogens is 1. The molecule has 1 aromatic carbocycles. The van der Waals surface area contributed by atoms with Gasteiger partial charge >= 0.3 is 30.0 Å². The minimum atomic E-state index is -0.267. The monoisotopic (exact) mass is 322 g/mol. The molecule has 0 fully saturated rings. The van der Waals surface area contributed by atoms with Crippen molar-refractivity contribution in [1.29, 1.82) is 0 Å². The summed E-state index contributed by atoms with van der Waals surface area (Å²) in [5.74, 6) is 0. The van der Waals surface area contributed by atoms with E-state index in [1.807, 2.05) is 38.1 Å². The van der Waals surface area contributed by atoms with Crippen molar-refractivity contribution < 1.29 is 25.8 Å². The zero-order valence-corrected chi connectivity index (χ0v) is 13.8. The Kier molecular flexibility index (Phi) is 10.9. The van der Waals surface area contributed by atoms with Crippen LogP contribution in [0.4, 0.5) is 0 Å². The van der Waals surface area contributed by atoms with Gasteiger partial charge < -0.3 is 9.47 Å². The van der Waals surface area contributed by atoms with Crippen molar-refractivity contribution >= 4 is 13.6 Å². The molecule has 0 heterocycles. The zero-order valence-electron chi connectivity index (χ0n) is 9.20. The molecule has 0 unspecified atom stereocenters. The van der Waals surface area contributed by atoms with E-state index in [9.17, 15) is 0 Å². The van der Waals surface area contributed by atoms with E-state index < -0.39 is 0 Å². The molecule has 0 saturated heterocycles. The van der Waals surface area contributed by atoms with Crippen LogP contribution in [0.3, 0.4) is 0 Å². The summed E-state index contributed by atoms with van der Waals surface area (Å²) in [6.45, 7) is 5.20. The van der Waals surface area contributed by atoms with Crippen LogP contribution in [0.5, 0.6) is 0 Å². The number of hydrogen-bond donors (Lipinski definition) is 0. The average Bonchev–Trinajstić information content (AvgIpc) is 2.33. The van der Waals surface area contributed by atoms with Gasteiger partial charge in [0.25, 0.3) is 0 Å². The third-order valence-corrected chi connectivity index (χ3v) is 1.62. The summed E-state index contributed by atoms with van der Waals surface area (Å²) < 4.78 is 10.8. The Morgan fingerprint density at radius 3 is 2.27 bits per heavy atom. The van der Waals surface area contributed by atoms with Crippen LogP contribution in [0, 0.1) is 6.07 Å². The van der Waals surface area contributed by atoms with Gasteiger partial charge in [-0.3, -0.25) is 0 Å². The molecule has 0 amide bonds. The Labute approximate surface area is 108 Å². The summed E-state index contributed by atoms with van der Waals surface area (Å²) in [7, 11) is 0. The zero-order chi connectivity index (χ0) is 11.5. The standard InChI is InChI=1S/C11H15O2.BrH.Zn/c1-3-12-11(13-4-2)10-8-6-5-7-9-10;;/h5-8,11H,3-4H2,1-2H3;1H;/q-1;;+2/p-1. The molecule has 0 N–H and O–H groups in total. The molecule has 0 bridgehead atoms. The number of hydrogen-bond acceptors (Lipinski definition) is 2. The fraction of sp³-hybridized carbons (Fsp3) is 0.455.